The van der Waals surface area contributed by atoms with Crippen LogP contribution in [0.2, 0.25) is 10.0 Å². The summed E-state index contributed by atoms with van der Waals surface area (Å²) in [5.41, 5.74) is 2.48. The van der Waals surface area contributed by atoms with E-state index in [2.05, 4.69) is 4.57 Å². The molecular weight excluding hydrogens is 349 g/mol. The van der Waals surface area contributed by atoms with E-state index in [-0.39, 0.29) is 34.0 Å². The topological polar surface area (TPSA) is 48.3 Å². The maximum atomic E-state index is 12.4. The molecule has 128 valence electrons. The lowest BCUT2D eigenvalue weighted by atomic mass is 10.1. The quantitative estimate of drug-likeness (QED) is 0.549. The first-order valence-electron chi connectivity index (χ1n) is 7.56. The molecule has 2 aromatic rings. The molecule has 0 amide bonds. The molecule has 0 aliphatic carbocycles. The van der Waals surface area contributed by atoms with Crippen LogP contribution in [0.4, 0.5) is 0 Å². The predicted octanol–water partition coefficient (Wildman–Crippen LogP) is 5.03. The number of benzene rings is 1. The van der Waals surface area contributed by atoms with Crippen LogP contribution in [-0.4, -0.2) is 22.9 Å². The molecule has 1 aromatic heterocycles. The monoisotopic (exact) mass is 367 g/mol. The second-order valence-electron chi connectivity index (χ2n) is 5.84. The molecular formula is C18H19Cl2NO3. The largest absolute Gasteiger partial charge is 0.454 e. The second kappa shape index (κ2) is 7.41. The highest BCUT2D eigenvalue weighted by atomic mass is 35.5. The summed E-state index contributed by atoms with van der Waals surface area (Å²) in [5, 5.41) is 0.385. The molecule has 0 bridgehead atoms. The van der Waals surface area contributed by atoms with E-state index in [0.29, 0.717) is 5.56 Å². The van der Waals surface area contributed by atoms with E-state index in [0.717, 1.165) is 11.4 Å². The summed E-state index contributed by atoms with van der Waals surface area (Å²) in [6.45, 7) is 7.57. The number of ether oxygens (including phenoxy) is 1. The van der Waals surface area contributed by atoms with E-state index in [1.807, 2.05) is 33.8 Å². The van der Waals surface area contributed by atoms with Crippen molar-refractivity contribution in [1.82, 2.24) is 4.57 Å². The Hall–Kier alpha value is -1.78. The van der Waals surface area contributed by atoms with Crippen LogP contribution in [0.15, 0.2) is 24.3 Å². The molecule has 0 saturated carbocycles. The highest BCUT2D eigenvalue weighted by molar-refractivity contribution is 6.39. The van der Waals surface area contributed by atoms with Crippen molar-refractivity contribution in [3.05, 3.63) is 56.8 Å². The Morgan fingerprint density at radius 2 is 1.75 bits per heavy atom. The van der Waals surface area contributed by atoms with Gasteiger partial charge in [0.2, 0.25) is 5.78 Å². The highest BCUT2D eigenvalue weighted by Crippen LogP contribution is 2.25. The Bertz CT molecular complexity index is 774. The standard InChI is InChI=1S/C18H19Cl2NO3/c1-10(2)21-11(3)8-13(12(21)4)16(22)9-24-18(23)17-14(19)6-5-7-15(17)20/h5-8,10H,9H2,1-4H3. The van der Waals surface area contributed by atoms with Gasteiger partial charge in [-0.15, -0.1) is 0 Å². The molecule has 1 aromatic carbocycles. The van der Waals surface area contributed by atoms with Gasteiger partial charge in [-0.05, 0) is 45.9 Å². The lowest BCUT2D eigenvalue weighted by Gasteiger charge is -2.13. The average Bonchev–Trinajstić information content (AvgIpc) is 2.79. The number of halogens is 2. The molecule has 1 heterocycles. The van der Waals surface area contributed by atoms with Gasteiger partial charge in [0.25, 0.3) is 0 Å². The number of hydrogen-bond acceptors (Lipinski definition) is 3. The zero-order chi connectivity index (χ0) is 18.0. The fourth-order valence-corrected chi connectivity index (χ4v) is 3.38. The summed E-state index contributed by atoms with van der Waals surface area (Å²) in [5.74, 6) is -0.969. The lowest BCUT2D eigenvalue weighted by molar-refractivity contribution is 0.0475. The van der Waals surface area contributed by atoms with Gasteiger partial charge in [0.1, 0.15) is 0 Å². The summed E-state index contributed by atoms with van der Waals surface area (Å²) >= 11 is 11.9. The molecule has 0 atom stereocenters. The van der Waals surface area contributed by atoms with E-state index in [9.17, 15) is 9.59 Å². The Kier molecular flexibility index (Phi) is 5.73. The maximum Gasteiger partial charge on any atom is 0.341 e. The fourth-order valence-electron chi connectivity index (χ4n) is 2.83. The molecule has 0 aliphatic heterocycles. The SMILES string of the molecule is Cc1cc(C(=O)COC(=O)c2c(Cl)cccc2Cl)c(C)n1C(C)C. The number of rotatable bonds is 5. The van der Waals surface area contributed by atoms with Crippen molar-refractivity contribution >= 4 is 35.0 Å². The van der Waals surface area contributed by atoms with E-state index in [1.54, 1.807) is 18.2 Å². The molecule has 0 saturated heterocycles. The third-order valence-corrected chi connectivity index (χ3v) is 4.43. The molecule has 0 aliphatic rings. The van der Waals surface area contributed by atoms with Crippen molar-refractivity contribution in [2.75, 3.05) is 6.61 Å². The Morgan fingerprint density at radius 1 is 1.17 bits per heavy atom. The zero-order valence-electron chi connectivity index (χ0n) is 14.0. The van der Waals surface area contributed by atoms with Crippen LogP contribution < -0.4 is 0 Å². The Labute approximate surface area is 151 Å². The highest BCUT2D eigenvalue weighted by Gasteiger charge is 2.21. The number of aromatic nitrogens is 1. The predicted molar refractivity (Wildman–Crippen MR) is 95.4 cm³/mol. The number of nitrogens with zero attached hydrogens (tertiary/aromatic N) is 1. The fraction of sp³-hybridized carbons (Fsp3) is 0.333. The third kappa shape index (κ3) is 3.65. The first-order chi connectivity index (χ1) is 11.2. The van der Waals surface area contributed by atoms with Crippen LogP contribution in [0, 0.1) is 13.8 Å². The second-order valence-corrected chi connectivity index (χ2v) is 6.66. The summed E-state index contributed by atoms with van der Waals surface area (Å²) in [4.78, 5) is 24.5. The molecule has 24 heavy (non-hydrogen) atoms. The van der Waals surface area contributed by atoms with Gasteiger partial charge in [-0.25, -0.2) is 4.79 Å². The number of Topliss-reactive ketones (excluding diaryl/α,β-unsaturated/α-hetero) is 1. The van der Waals surface area contributed by atoms with Gasteiger partial charge >= 0.3 is 5.97 Å². The molecule has 0 radical (unpaired) electrons. The van der Waals surface area contributed by atoms with E-state index >= 15 is 0 Å². The maximum absolute atomic E-state index is 12.4. The van der Waals surface area contributed by atoms with E-state index < -0.39 is 5.97 Å². The number of carbonyl (C=O) groups is 2. The van der Waals surface area contributed by atoms with Crippen molar-refractivity contribution in [3.63, 3.8) is 0 Å². The lowest BCUT2D eigenvalue weighted by Crippen LogP contribution is -2.16. The molecule has 2 rings (SSSR count). The minimum absolute atomic E-state index is 0.0706. The smallest absolute Gasteiger partial charge is 0.341 e. The van der Waals surface area contributed by atoms with Crippen LogP contribution >= 0.6 is 23.2 Å². The van der Waals surface area contributed by atoms with Gasteiger partial charge in [-0.1, -0.05) is 29.3 Å². The van der Waals surface area contributed by atoms with Crippen LogP contribution in [0.25, 0.3) is 0 Å². The van der Waals surface area contributed by atoms with E-state index in [1.165, 1.54) is 0 Å². The first-order valence-corrected chi connectivity index (χ1v) is 8.32. The van der Waals surface area contributed by atoms with Crippen molar-refractivity contribution in [3.8, 4) is 0 Å². The van der Waals surface area contributed by atoms with Crippen LogP contribution in [0.3, 0.4) is 0 Å². The van der Waals surface area contributed by atoms with Crippen molar-refractivity contribution in [2.45, 2.75) is 33.7 Å². The van der Waals surface area contributed by atoms with Crippen molar-refractivity contribution in [1.29, 1.82) is 0 Å². The van der Waals surface area contributed by atoms with Crippen LogP contribution in [-0.2, 0) is 4.74 Å². The van der Waals surface area contributed by atoms with Gasteiger partial charge in [-0.2, -0.15) is 0 Å². The minimum atomic E-state index is -0.711. The third-order valence-electron chi connectivity index (χ3n) is 3.80. The number of esters is 1. The van der Waals surface area contributed by atoms with E-state index in [4.69, 9.17) is 27.9 Å². The van der Waals surface area contributed by atoms with Crippen molar-refractivity contribution in [2.24, 2.45) is 0 Å². The van der Waals surface area contributed by atoms with Gasteiger partial charge < -0.3 is 9.30 Å². The molecule has 6 heteroatoms. The van der Waals surface area contributed by atoms with Gasteiger partial charge in [0.05, 0.1) is 15.6 Å². The first kappa shape index (κ1) is 18.6. The normalized spacial score (nSPS) is 11.0. The van der Waals surface area contributed by atoms with Gasteiger partial charge in [0, 0.05) is 23.0 Å². The van der Waals surface area contributed by atoms with Crippen molar-refractivity contribution < 1.29 is 14.3 Å². The van der Waals surface area contributed by atoms with Gasteiger partial charge in [-0.3, -0.25) is 4.79 Å². The molecule has 4 nitrogen and oxygen atoms in total. The minimum Gasteiger partial charge on any atom is -0.454 e. The number of carbonyl (C=O) groups excluding carboxylic acids is 2. The molecule has 0 unspecified atom stereocenters. The Balaban J connectivity index is 2.14. The summed E-state index contributed by atoms with van der Waals surface area (Å²) in [6, 6.07) is 6.78. The summed E-state index contributed by atoms with van der Waals surface area (Å²) in [7, 11) is 0. The number of hydrogen-bond donors (Lipinski definition) is 0. The van der Waals surface area contributed by atoms with Gasteiger partial charge in [0.15, 0.2) is 6.61 Å². The van der Waals surface area contributed by atoms with Crippen LogP contribution in [0.5, 0.6) is 0 Å². The molecule has 0 fully saturated rings. The number of ketones is 1. The summed E-state index contributed by atoms with van der Waals surface area (Å²) < 4.78 is 7.17. The molecule has 0 N–H and O–H groups in total. The van der Waals surface area contributed by atoms with Crippen LogP contribution in [0.1, 0.15) is 52.0 Å². The molecule has 0 spiro atoms. The zero-order valence-corrected chi connectivity index (χ0v) is 15.5. The Morgan fingerprint density at radius 3 is 2.25 bits per heavy atom. The average molecular weight is 368 g/mol. The number of aryl methyl sites for hydroxylation is 1. The summed E-state index contributed by atoms with van der Waals surface area (Å²) in [6.07, 6.45) is 0.